The summed E-state index contributed by atoms with van der Waals surface area (Å²) in [4.78, 5) is 23.3. The molecule has 0 saturated carbocycles. The number of alkyl halides is 3. The lowest BCUT2D eigenvalue weighted by molar-refractivity contribution is -0.183. The first kappa shape index (κ1) is 15.4. The molecule has 1 unspecified atom stereocenters. The predicted molar refractivity (Wildman–Crippen MR) is 64.6 cm³/mol. The van der Waals surface area contributed by atoms with Gasteiger partial charge in [0.2, 0.25) is 5.78 Å². The van der Waals surface area contributed by atoms with Crippen molar-refractivity contribution in [2.45, 2.75) is 32.9 Å². The number of hydrogen-bond donors (Lipinski definition) is 0. The number of ketones is 2. The average molecular weight is 272 g/mol. The first-order chi connectivity index (χ1) is 8.74. The molecular weight excluding hydrogens is 257 g/mol. The maximum absolute atomic E-state index is 12.7. The van der Waals surface area contributed by atoms with Gasteiger partial charge in [-0.15, -0.1) is 0 Å². The maximum atomic E-state index is 12.7. The van der Waals surface area contributed by atoms with E-state index in [-0.39, 0.29) is 12.8 Å². The highest BCUT2D eigenvalue weighted by Crippen LogP contribution is 2.36. The molecule has 104 valence electrons. The van der Waals surface area contributed by atoms with E-state index >= 15 is 0 Å². The fraction of sp³-hybridized carbons (Fsp3) is 0.429. The Hall–Kier alpha value is -1.65. The van der Waals surface area contributed by atoms with Crippen molar-refractivity contribution < 1.29 is 22.8 Å². The number of hydrogen-bond acceptors (Lipinski definition) is 2. The Morgan fingerprint density at radius 3 is 2.00 bits per heavy atom. The Balaban J connectivity index is 3.21. The van der Waals surface area contributed by atoms with Crippen LogP contribution in [0.25, 0.3) is 0 Å². The van der Waals surface area contributed by atoms with Gasteiger partial charge in [0.15, 0.2) is 0 Å². The van der Waals surface area contributed by atoms with Gasteiger partial charge in [-0.25, -0.2) is 0 Å². The second-order valence-electron chi connectivity index (χ2n) is 4.48. The highest BCUT2D eigenvalue weighted by atomic mass is 19.4. The molecule has 1 aromatic carbocycles. The van der Waals surface area contributed by atoms with Gasteiger partial charge in [0.25, 0.3) is 0 Å². The van der Waals surface area contributed by atoms with Gasteiger partial charge in [-0.2, -0.15) is 13.2 Å². The molecule has 0 aliphatic heterocycles. The van der Waals surface area contributed by atoms with Crippen molar-refractivity contribution in [3.63, 3.8) is 0 Å². The number of carbonyl (C=O) groups is 2. The zero-order valence-electron chi connectivity index (χ0n) is 10.8. The third-order valence-electron chi connectivity index (χ3n) is 3.32. The second-order valence-corrected chi connectivity index (χ2v) is 4.48. The van der Waals surface area contributed by atoms with Crippen molar-refractivity contribution in [2.75, 3.05) is 0 Å². The van der Waals surface area contributed by atoms with Gasteiger partial charge < -0.3 is 0 Å². The highest BCUT2D eigenvalue weighted by Gasteiger charge is 2.54. The zero-order chi connectivity index (χ0) is 14.7. The van der Waals surface area contributed by atoms with Crippen LogP contribution in [-0.2, 0) is 16.0 Å². The van der Waals surface area contributed by atoms with Crippen molar-refractivity contribution in [3.05, 3.63) is 35.9 Å². The average Bonchev–Trinajstić information content (AvgIpc) is 2.35. The molecule has 0 aliphatic rings. The molecule has 0 N–H and O–H groups in total. The standard InChI is InChI=1S/C14H15F3O2/c1-3-13(10(2)18,12(19)14(15,16)17)9-11-7-5-4-6-8-11/h4-8H,3,9H2,1-2H3. The van der Waals surface area contributed by atoms with Crippen molar-refractivity contribution in [1.82, 2.24) is 0 Å². The monoisotopic (exact) mass is 272 g/mol. The van der Waals surface area contributed by atoms with Crippen LogP contribution in [0.15, 0.2) is 30.3 Å². The van der Waals surface area contributed by atoms with Crippen molar-refractivity contribution in [2.24, 2.45) is 5.41 Å². The van der Waals surface area contributed by atoms with Crippen LogP contribution in [-0.4, -0.2) is 17.7 Å². The first-order valence-electron chi connectivity index (χ1n) is 5.90. The van der Waals surface area contributed by atoms with Crippen LogP contribution in [0.4, 0.5) is 13.2 Å². The molecule has 0 fully saturated rings. The van der Waals surface area contributed by atoms with Crippen LogP contribution < -0.4 is 0 Å². The van der Waals surface area contributed by atoms with Gasteiger partial charge in [-0.3, -0.25) is 9.59 Å². The minimum Gasteiger partial charge on any atom is -0.299 e. The van der Waals surface area contributed by atoms with E-state index in [0.29, 0.717) is 5.56 Å². The van der Waals surface area contributed by atoms with Crippen LogP contribution in [0.1, 0.15) is 25.8 Å². The molecule has 0 spiro atoms. The van der Waals surface area contributed by atoms with E-state index in [9.17, 15) is 22.8 Å². The SMILES string of the molecule is CCC(Cc1ccccc1)(C(C)=O)C(=O)C(F)(F)F. The Kier molecular flexibility index (Phi) is 4.50. The molecule has 0 amide bonds. The van der Waals surface area contributed by atoms with Gasteiger partial charge >= 0.3 is 6.18 Å². The van der Waals surface area contributed by atoms with E-state index in [4.69, 9.17) is 0 Å². The summed E-state index contributed by atoms with van der Waals surface area (Å²) in [5, 5.41) is 0. The van der Waals surface area contributed by atoms with E-state index in [1.165, 1.54) is 6.92 Å². The minimum absolute atomic E-state index is 0.171. The normalized spacial score (nSPS) is 14.8. The molecule has 1 rings (SSSR count). The smallest absolute Gasteiger partial charge is 0.299 e. The molecule has 19 heavy (non-hydrogen) atoms. The van der Waals surface area contributed by atoms with E-state index in [0.717, 1.165) is 6.92 Å². The van der Waals surface area contributed by atoms with Crippen molar-refractivity contribution >= 4 is 11.6 Å². The predicted octanol–water partition coefficient (Wildman–Crippen LogP) is 3.35. The maximum Gasteiger partial charge on any atom is 0.451 e. The number of benzene rings is 1. The fourth-order valence-electron chi connectivity index (χ4n) is 2.11. The zero-order valence-corrected chi connectivity index (χ0v) is 10.8. The third kappa shape index (κ3) is 3.22. The lowest BCUT2D eigenvalue weighted by Crippen LogP contribution is -2.46. The van der Waals surface area contributed by atoms with Crippen LogP contribution in [0, 0.1) is 5.41 Å². The van der Waals surface area contributed by atoms with Crippen LogP contribution in [0.3, 0.4) is 0 Å². The summed E-state index contributed by atoms with van der Waals surface area (Å²) in [6.45, 7) is 2.46. The Morgan fingerprint density at radius 2 is 1.63 bits per heavy atom. The van der Waals surface area contributed by atoms with E-state index < -0.39 is 23.2 Å². The van der Waals surface area contributed by atoms with Gasteiger partial charge in [0.1, 0.15) is 11.2 Å². The molecule has 1 aromatic rings. The van der Waals surface area contributed by atoms with Crippen LogP contribution in [0.5, 0.6) is 0 Å². The van der Waals surface area contributed by atoms with E-state index in [1.807, 2.05) is 0 Å². The molecule has 0 heterocycles. The molecule has 0 radical (unpaired) electrons. The summed E-state index contributed by atoms with van der Waals surface area (Å²) in [6.07, 6.45) is -5.40. The molecule has 1 atom stereocenters. The quantitative estimate of drug-likeness (QED) is 0.770. The molecule has 0 bridgehead atoms. The topological polar surface area (TPSA) is 34.1 Å². The Bertz CT molecular complexity index is 465. The molecular formula is C14H15F3O2. The van der Waals surface area contributed by atoms with E-state index in [2.05, 4.69) is 0 Å². The molecule has 0 aromatic heterocycles. The van der Waals surface area contributed by atoms with Crippen LogP contribution >= 0.6 is 0 Å². The van der Waals surface area contributed by atoms with Gasteiger partial charge in [0.05, 0.1) is 0 Å². The highest BCUT2D eigenvalue weighted by molar-refractivity contribution is 6.08. The number of Topliss-reactive ketones (excluding diaryl/α,β-unsaturated/α-hetero) is 2. The molecule has 0 aliphatic carbocycles. The van der Waals surface area contributed by atoms with Gasteiger partial charge in [-0.1, -0.05) is 37.3 Å². The molecule has 5 heteroatoms. The summed E-state index contributed by atoms with van der Waals surface area (Å²) in [5.41, 5.74) is -1.48. The second kappa shape index (κ2) is 5.55. The van der Waals surface area contributed by atoms with Gasteiger partial charge in [-0.05, 0) is 25.3 Å². The van der Waals surface area contributed by atoms with Crippen LogP contribution in [0.2, 0.25) is 0 Å². The summed E-state index contributed by atoms with van der Waals surface area (Å²) in [7, 11) is 0. The Morgan fingerprint density at radius 1 is 1.11 bits per heavy atom. The lowest BCUT2D eigenvalue weighted by atomic mass is 9.72. The lowest BCUT2D eigenvalue weighted by Gasteiger charge is -2.29. The third-order valence-corrected chi connectivity index (χ3v) is 3.32. The summed E-state index contributed by atoms with van der Waals surface area (Å²) >= 11 is 0. The first-order valence-corrected chi connectivity index (χ1v) is 5.90. The van der Waals surface area contributed by atoms with Gasteiger partial charge in [0, 0.05) is 0 Å². The molecule has 0 saturated heterocycles. The number of rotatable bonds is 5. The summed E-state index contributed by atoms with van der Waals surface area (Å²) in [6, 6.07) is 8.26. The largest absolute Gasteiger partial charge is 0.451 e. The number of carbonyl (C=O) groups excluding carboxylic acids is 2. The van der Waals surface area contributed by atoms with E-state index in [1.54, 1.807) is 30.3 Å². The minimum atomic E-state index is -5.00. The van der Waals surface area contributed by atoms with Crippen molar-refractivity contribution in [1.29, 1.82) is 0 Å². The summed E-state index contributed by atoms with van der Waals surface area (Å²) in [5.74, 6) is -2.71. The number of halogens is 3. The molecule has 2 nitrogen and oxygen atoms in total. The van der Waals surface area contributed by atoms with Crippen molar-refractivity contribution in [3.8, 4) is 0 Å². The summed E-state index contributed by atoms with van der Waals surface area (Å²) < 4.78 is 38.1. The fourth-order valence-corrected chi connectivity index (χ4v) is 2.11. The Labute approximate surface area is 109 Å².